The standard InChI is InChI=1S/C13H12BrClN2O2S/c14-10-5-2-1-4-9(10)8-17-20(18,19)13-11(15)6-3-7-12(13)16/h1-7,17H,8,16H2. The third-order valence-corrected chi connectivity index (χ3v) is 5.39. The number of halogens is 2. The van der Waals surface area contributed by atoms with E-state index in [-0.39, 0.29) is 22.2 Å². The van der Waals surface area contributed by atoms with Crippen LogP contribution in [0.4, 0.5) is 5.69 Å². The second kappa shape index (κ2) is 6.13. The summed E-state index contributed by atoms with van der Waals surface area (Å²) in [6.45, 7) is 0.147. The molecule has 0 aromatic heterocycles. The van der Waals surface area contributed by atoms with Gasteiger partial charge in [0.1, 0.15) is 4.90 Å². The van der Waals surface area contributed by atoms with Crippen LogP contribution in [0, 0.1) is 0 Å². The Hall–Kier alpha value is -1.08. The van der Waals surface area contributed by atoms with Crippen molar-refractivity contribution in [2.24, 2.45) is 0 Å². The number of nitrogens with one attached hydrogen (secondary N) is 1. The molecule has 0 aliphatic heterocycles. The zero-order chi connectivity index (χ0) is 14.8. The number of nitrogens with two attached hydrogens (primary N) is 1. The van der Waals surface area contributed by atoms with E-state index in [9.17, 15) is 8.42 Å². The summed E-state index contributed by atoms with van der Waals surface area (Å²) in [7, 11) is -3.76. The first-order valence-corrected chi connectivity index (χ1v) is 8.34. The molecule has 0 spiro atoms. The SMILES string of the molecule is Nc1cccc(Cl)c1S(=O)(=O)NCc1ccccc1Br. The van der Waals surface area contributed by atoms with Crippen molar-refractivity contribution in [2.75, 3.05) is 5.73 Å². The maximum atomic E-state index is 12.3. The molecule has 0 fully saturated rings. The number of nitrogen functional groups attached to an aromatic ring is 1. The molecule has 2 aromatic rings. The van der Waals surface area contributed by atoms with Crippen molar-refractivity contribution in [3.05, 3.63) is 57.5 Å². The van der Waals surface area contributed by atoms with Crippen LogP contribution < -0.4 is 10.5 Å². The maximum absolute atomic E-state index is 12.3. The van der Waals surface area contributed by atoms with E-state index >= 15 is 0 Å². The summed E-state index contributed by atoms with van der Waals surface area (Å²) in [6, 6.07) is 11.9. The Morgan fingerprint density at radius 2 is 1.85 bits per heavy atom. The number of anilines is 1. The third kappa shape index (κ3) is 3.32. The van der Waals surface area contributed by atoms with Gasteiger partial charge >= 0.3 is 0 Å². The minimum Gasteiger partial charge on any atom is -0.398 e. The van der Waals surface area contributed by atoms with Crippen molar-refractivity contribution in [2.45, 2.75) is 11.4 Å². The van der Waals surface area contributed by atoms with Gasteiger partial charge in [0.25, 0.3) is 0 Å². The highest BCUT2D eigenvalue weighted by Crippen LogP contribution is 2.27. The lowest BCUT2D eigenvalue weighted by Gasteiger charge is -2.11. The lowest BCUT2D eigenvalue weighted by Crippen LogP contribution is -2.24. The molecule has 0 heterocycles. The molecular weight excluding hydrogens is 364 g/mol. The van der Waals surface area contributed by atoms with E-state index in [4.69, 9.17) is 17.3 Å². The quantitative estimate of drug-likeness (QED) is 0.806. The molecule has 2 rings (SSSR count). The molecule has 0 atom stereocenters. The van der Waals surface area contributed by atoms with Crippen LogP contribution >= 0.6 is 27.5 Å². The molecule has 0 aliphatic rings. The van der Waals surface area contributed by atoms with E-state index in [1.165, 1.54) is 12.1 Å². The highest BCUT2D eigenvalue weighted by Gasteiger charge is 2.20. The van der Waals surface area contributed by atoms with Gasteiger partial charge in [-0.3, -0.25) is 0 Å². The van der Waals surface area contributed by atoms with Crippen molar-refractivity contribution in [1.29, 1.82) is 0 Å². The summed E-state index contributed by atoms with van der Waals surface area (Å²) in [5.74, 6) is 0. The fraction of sp³-hybridized carbons (Fsp3) is 0.0769. The molecule has 3 N–H and O–H groups in total. The largest absolute Gasteiger partial charge is 0.398 e. The Kier molecular flexibility index (Phi) is 4.70. The smallest absolute Gasteiger partial charge is 0.244 e. The van der Waals surface area contributed by atoms with Crippen LogP contribution in [-0.2, 0) is 16.6 Å². The fourth-order valence-electron chi connectivity index (χ4n) is 1.70. The minimum atomic E-state index is -3.76. The zero-order valence-electron chi connectivity index (χ0n) is 10.3. The van der Waals surface area contributed by atoms with E-state index in [2.05, 4.69) is 20.7 Å². The van der Waals surface area contributed by atoms with Gasteiger partial charge in [-0.25, -0.2) is 13.1 Å². The minimum absolute atomic E-state index is 0.0891. The lowest BCUT2D eigenvalue weighted by molar-refractivity contribution is 0.581. The van der Waals surface area contributed by atoms with Crippen molar-refractivity contribution < 1.29 is 8.42 Å². The fourth-order valence-corrected chi connectivity index (χ4v) is 3.80. The molecule has 0 radical (unpaired) electrons. The number of benzene rings is 2. The van der Waals surface area contributed by atoms with Gasteiger partial charge in [-0.05, 0) is 23.8 Å². The van der Waals surface area contributed by atoms with Gasteiger partial charge in [-0.1, -0.05) is 51.8 Å². The molecule has 0 saturated heterocycles. The van der Waals surface area contributed by atoms with Crippen molar-refractivity contribution in [1.82, 2.24) is 4.72 Å². The summed E-state index contributed by atoms with van der Waals surface area (Å²) >= 11 is 9.28. The molecule has 2 aromatic carbocycles. The molecule has 0 unspecified atom stereocenters. The normalized spacial score (nSPS) is 11.5. The van der Waals surface area contributed by atoms with Crippen LogP contribution in [0.2, 0.25) is 5.02 Å². The van der Waals surface area contributed by atoms with Crippen LogP contribution in [0.15, 0.2) is 51.8 Å². The van der Waals surface area contributed by atoms with Gasteiger partial charge in [0.2, 0.25) is 10.0 Å². The van der Waals surface area contributed by atoms with Crippen LogP contribution in [0.5, 0.6) is 0 Å². The van der Waals surface area contributed by atoms with Gasteiger partial charge in [0.15, 0.2) is 0 Å². The van der Waals surface area contributed by atoms with Crippen LogP contribution in [0.25, 0.3) is 0 Å². The van der Waals surface area contributed by atoms with E-state index in [0.717, 1.165) is 10.0 Å². The van der Waals surface area contributed by atoms with Crippen molar-refractivity contribution >= 4 is 43.2 Å². The van der Waals surface area contributed by atoms with Gasteiger partial charge in [0.05, 0.1) is 10.7 Å². The molecular formula is C13H12BrClN2O2S. The van der Waals surface area contributed by atoms with Gasteiger partial charge < -0.3 is 5.73 Å². The average Bonchev–Trinajstić information content (AvgIpc) is 2.37. The molecule has 4 nitrogen and oxygen atoms in total. The first-order valence-electron chi connectivity index (χ1n) is 5.69. The molecule has 106 valence electrons. The molecule has 0 saturated carbocycles. The molecule has 0 aliphatic carbocycles. The predicted octanol–water partition coefficient (Wildman–Crippen LogP) is 3.16. The molecule has 0 bridgehead atoms. The Balaban J connectivity index is 2.27. The molecule has 20 heavy (non-hydrogen) atoms. The van der Waals surface area contributed by atoms with Gasteiger partial charge in [-0.15, -0.1) is 0 Å². The molecule has 7 heteroatoms. The van der Waals surface area contributed by atoms with Crippen molar-refractivity contribution in [3.63, 3.8) is 0 Å². The Morgan fingerprint density at radius 3 is 2.50 bits per heavy atom. The van der Waals surface area contributed by atoms with Crippen LogP contribution in [0.1, 0.15) is 5.56 Å². The third-order valence-electron chi connectivity index (χ3n) is 2.68. The highest BCUT2D eigenvalue weighted by atomic mass is 79.9. The Labute approximate surface area is 131 Å². The number of hydrogen-bond donors (Lipinski definition) is 2. The Bertz CT molecular complexity index is 715. The van der Waals surface area contributed by atoms with Gasteiger partial charge in [0, 0.05) is 11.0 Å². The summed E-state index contributed by atoms with van der Waals surface area (Å²) in [5, 5.41) is 0.102. The van der Waals surface area contributed by atoms with E-state index in [0.29, 0.717) is 0 Å². The lowest BCUT2D eigenvalue weighted by atomic mass is 10.2. The van der Waals surface area contributed by atoms with Crippen LogP contribution in [0.3, 0.4) is 0 Å². The summed E-state index contributed by atoms with van der Waals surface area (Å²) in [4.78, 5) is -0.0891. The Morgan fingerprint density at radius 1 is 1.15 bits per heavy atom. The number of rotatable bonds is 4. The zero-order valence-corrected chi connectivity index (χ0v) is 13.5. The summed E-state index contributed by atoms with van der Waals surface area (Å²) in [6.07, 6.45) is 0. The first-order chi connectivity index (χ1) is 9.42. The maximum Gasteiger partial charge on any atom is 0.244 e. The van der Waals surface area contributed by atoms with E-state index in [1.807, 2.05) is 24.3 Å². The van der Waals surface area contributed by atoms with E-state index < -0.39 is 10.0 Å². The molecule has 0 amide bonds. The van der Waals surface area contributed by atoms with Crippen molar-refractivity contribution in [3.8, 4) is 0 Å². The second-order valence-electron chi connectivity index (χ2n) is 4.07. The van der Waals surface area contributed by atoms with Gasteiger partial charge in [-0.2, -0.15) is 0 Å². The van der Waals surface area contributed by atoms with E-state index in [1.54, 1.807) is 6.07 Å². The monoisotopic (exact) mass is 374 g/mol. The number of sulfonamides is 1. The topological polar surface area (TPSA) is 72.2 Å². The summed E-state index contributed by atoms with van der Waals surface area (Å²) in [5.41, 5.74) is 6.64. The average molecular weight is 376 g/mol. The first kappa shape index (κ1) is 15.3. The second-order valence-corrected chi connectivity index (χ2v) is 7.04. The predicted molar refractivity (Wildman–Crippen MR) is 84.0 cm³/mol. The van der Waals surface area contributed by atoms with Crippen LogP contribution in [-0.4, -0.2) is 8.42 Å². The highest BCUT2D eigenvalue weighted by molar-refractivity contribution is 9.10. The summed E-state index contributed by atoms with van der Waals surface area (Å²) < 4.78 is 27.9. The number of hydrogen-bond acceptors (Lipinski definition) is 3.